The van der Waals surface area contributed by atoms with Gasteiger partial charge in [-0.2, -0.15) is 0 Å². The zero-order valence-electron chi connectivity index (χ0n) is 9.64. The summed E-state index contributed by atoms with van der Waals surface area (Å²) in [6, 6.07) is 3.69. The second kappa shape index (κ2) is 6.12. The van der Waals surface area contributed by atoms with Crippen molar-refractivity contribution in [3.63, 3.8) is 0 Å². The van der Waals surface area contributed by atoms with E-state index in [1.54, 1.807) is 6.20 Å². The summed E-state index contributed by atoms with van der Waals surface area (Å²) in [5.74, 6) is 0.239. The molecule has 0 bridgehead atoms. The molecule has 1 saturated carbocycles. The van der Waals surface area contributed by atoms with Gasteiger partial charge in [-0.05, 0) is 37.8 Å². The van der Waals surface area contributed by atoms with Gasteiger partial charge >= 0.3 is 0 Å². The second-order valence-corrected chi connectivity index (χ2v) is 4.89. The summed E-state index contributed by atoms with van der Waals surface area (Å²) in [6.07, 6.45) is 6.79. The van der Waals surface area contributed by atoms with E-state index in [-0.39, 0.29) is 12.0 Å². The Morgan fingerprint density at radius 1 is 1.35 bits per heavy atom. The fourth-order valence-corrected chi connectivity index (χ4v) is 2.20. The van der Waals surface area contributed by atoms with Gasteiger partial charge in [-0.1, -0.05) is 11.6 Å². The summed E-state index contributed by atoms with van der Waals surface area (Å²) in [4.78, 5) is 14.8. The zero-order chi connectivity index (χ0) is 12.1. The minimum atomic E-state index is 0.239. The minimum Gasteiger partial charge on any atom is -0.372 e. The number of pyridine rings is 1. The number of nitrogens with zero attached hydrogens (tertiary/aromatic N) is 1. The summed E-state index contributed by atoms with van der Waals surface area (Å²) >= 11 is 5.76. The molecule has 0 atom stereocenters. The van der Waals surface area contributed by atoms with Crippen molar-refractivity contribution >= 4 is 17.9 Å². The third-order valence-electron chi connectivity index (χ3n) is 3.17. The van der Waals surface area contributed by atoms with E-state index in [1.165, 1.54) is 0 Å². The third kappa shape index (κ3) is 3.79. The Morgan fingerprint density at radius 3 is 2.71 bits per heavy atom. The average Bonchev–Trinajstić information content (AvgIpc) is 2.39. The highest BCUT2D eigenvalue weighted by molar-refractivity contribution is 6.30. The Morgan fingerprint density at radius 2 is 2.12 bits per heavy atom. The predicted octanol–water partition coefficient (Wildman–Crippen LogP) is 3.01. The van der Waals surface area contributed by atoms with Crippen LogP contribution in [0.25, 0.3) is 0 Å². The van der Waals surface area contributed by atoms with Gasteiger partial charge in [0.1, 0.15) is 6.29 Å². The van der Waals surface area contributed by atoms with Crippen molar-refractivity contribution in [3.05, 3.63) is 29.0 Å². The van der Waals surface area contributed by atoms with Gasteiger partial charge in [0.05, 0.1) is 23.4 Å². The van der Waals surface area contributed by atoms with Crippen molar-refractivity contribution in [2.75, 3.05) is 0 Å². The van der Waals surface area contributed by atoms with Crippen molar-refractivity contribution in [3.8, 4) is 0 Å². The molecule has 0 N–H and O–H groups in total. The van der Waals surface area contributed by atoms with E-state index >= 15 is 0 Å². The summed E-state index contributed by atoms with van der Waals surface area (Å²) in [7, 11) is 0. The first-order valence-corrected chi connectivity index (χ1v) is 6.33. The van der Waals surface area contributed by atoms with Gasteiger partial charge in [0.25, 0.3) is 0 Å². The second-order valence-electron chi connectivity index (χ2n) is 4.45. The Kier molecular flexibility index (Phi) is 4.51. The molecule has 17 heavy (non-hydrogen) atoms. The molecule has 0 spiro atoms. The van der Waals surface area contributed by atoms with E-state index < -0.39 is 0 Å². The maximum atomic E-state index is 10.6. The number of hydrogen-bond donors (Lipinski definition) is 0. The highest BCUT2D eigenvalue weighted by atomic mass is 35.5. The van der Waals surface area contributed by atoms with Crippen LogP contribution in [0, 0.1) is 5.92 Å². The van der Waals surface area contributed by atoms with E-state index in [4.69, 9.17) is 16.3 Å². The van der Waals surface area contributed by atoms with E-state index in [2.05, 4.69) is 4.98 Å². The maximum Gasteiger partial charge on any atom is 0.123 e. The molecular weight excluding hydrogens is 238 g/mol. The van der Waals surface area contributed by atoms with Crippen LogP contribution in [-0.2, 0) is 16.1 Å². The molecule has 1 heterocycles. The Labute approximate surface area is 106 Å². The van der Waals surface area contributed by atoms with E-state index in [9.17, 15) is 4.79 Å². The fourth-order valence-electron chi connectivity index (χ4n) is 2.09. The maximum absolute atomic E-state index is 10.6. The predicted molar refractivity (Wildman–Crippen MR) is 65.8 cm³/mol. The number of hydrogen-bond acceptors (Lipinski definition) is 3. The molecule has 1 aliphatic rings. The van der Waals surface area contributed by atoms with Crippen LogP contribution in [0.2, 0.25) is 5.02 Å². The van der Waals surface area contributed by atoms with Gasteiger partial charge in [-0.15, -0.1) is 0 Å². The molecule has 0 radical (unpaired) electrons. The van der Waals surface area contributed by atoms with Gasteiger partial charge < -0.3 is 9.53 Å². The SMILES string of the molecule is O=CC1CCC(OCc2ccc(Cl)cn2)CC1. The van der Waals surface area contributed by atoms with E-state index in [0.717, 1.165) is 37.7 Å². The lowest BCUT2D eigenvalue weighted by atomic mass is 9.88. The number of aldehydes is 1. The minimum absolute atomic E-state index is 0.239. The molecule has 92 valence electrons. The molecule has 3 nitrogen and oxygen atoms in total. The highest BCUT2D eigenvalue weighted by Gasteiger charge is 2.21. The number of halogens is 1. The largest absolute Gasteiger partial charge is 0.372 e. The molecule has 0 aromatic carbocycles. The normalized spacial score (nSPS) is 24.5. The standard InChI is InChI=1S/C13H16ClNO2/c14-11-3-4-12(15-7-11)9-17-13-5-1-10(8-16)2-6-13/h3-4,7-8,10,13H,1-2,5-6,9H2. The van der Waals surface area contributed by atoms with Crippen molar-refractivity contribution in [1.29, 1.82) is 0 Å². The van der Waals surface area contributed by atoms with E-state index in [0.29, 0.717) is 11.6 Å². The van der Waals surface area contributed by atoms with Crippen LogP contribution in [0.4, 0.5) is 0 Å². The summed E-state index contributed by atoms with van der Waals surface area (Å²) in [5, 5.41) is 0.639. The van der Waals surface area contributed by atoms with Crippen molar-refractivity contribution in [2.24, 2.45) is 5.92 Å². The van der Waals surface area contributed by atoms with Crippen LogP contribution < -0.4 is 0 Å². The molecule has 0 saturated heterocycles. The zero-order valence-corrected chi connectivity index (χ0v) is 10.4. The first-order chi connectivity index (χ1) is 8.28. The molecule has 1 aliphatic carbocycles. The molecule has 0 unspecified atom stereocenters. The Bertz CT molecular complexity index is 358. The van der Waals surface area contributed by atoms with Crippen LogP contribution in [-0.4, -0.2) is 17.4 Å². The topological polar surface area (TPSA) is 39.2 Å². The van der Waals surface area contributed by atoms with Gasteiger partial charge in [-0.25, -0.2) is 0 Å². The molecule has 1 aromatic heterocycles. The fraction of sp³-hybridized carbons (Fsp3) is 0.538. The quantitative estimate of drug-likeness (QED) is 0.775. The van der Waals surface area contributed by atoms with Crippen molar-refractivity contribution < 1.29 is 9.53 Å². The number of ether oxygens (including phenoxy) is 1. The first-order valence-electron chi connectivity index (χ1n) is 5.95. The lowest BCUT2D eigenvalue weighted by Gasteiger charge is -2.25. The van der Waals surface area contributed by atoms with E-state index in [1.807, 2.05) is 12.1 Å². The number of rotatable bonds is 4. The summed E-state index contributed by atoms with van der Waals surface area (Å²) in [6.45, 7) is 0.521. The Balaban J connectivity index is 1.75. The molecular formula is C13H16ClNO2. The molecule has 0 amide bonds. The average molecular weight is 254 g/mol. The highest BCUT2D eigenvalue weighted by Crippen LogP contribution is 2.25. The summed E-state index contributed by atoms with van der Waals surface area (Å²) < 4.78 is 5.78. The van der Waals surface area contributed by atoms with Crippen LogP contribution in [0.5, 0.6) is 0 Å². The monoisotopic (exact) mass is 253 g/mol. The number of carbonyl (C=O) groups excluding carboxylic acids is 1. The van der Waals surface area contributed by atoms with Crippen LogP contribution in [0.1, 0.15) is 31.4 Å². The third-order valence-corrected chi connectivity index (χ3v) is 3.39. The van der Waals surface area contributed by atoms with Crippen LogP contribution in [0.15, 0.2) is 18.3 Å². The van der Waals surface area contributed by atoms with Crippen LogP contribution in [0.3, 0.4) is 0 Å². The van der Waals surface area contributed by atoms with Gasteiger partial charge in [0.15, 0.2) is 0 Å². The van der Waals surface area contributed by atoms with Crippen LogP contribution >= 0.6 is 11.6 Å². The lowest BCUT2D eigenvalue weighted by molar-refractivity contribution is -0.113. The smallest absolute Gasteiger partial charge is 0.123 e. The summed E-state index contributed by atoms with van der Waals surface area (Å²) in [5.41, 5.74) is 0.895. The Hall–Kier alpha value is -0.930. The van der Waals surface area contributed by atoms with Crippen molar-refractivity contribution in [1.82, 2.24) is 4.98 Å². The molecule has 1 aromatic rings. The van der Waals surface area contributed by atoms with Crippen molar-refractivity contribution in [2.45, 2.75) is 38.4 Å². The van der Waals surface area contributed by atoms with Gasteiger partial charge in [-0.3, -0.25) is 4.98 Å². The molecule has 1 fully saturated rings. The van der Waals surface area contributed by atoms with Gasteiger partial charge in [0.2, 0.25) is 0 Å². The molecule has 2 rings (SSSR count). The molecule has 4 heteroatoms. The number of aromatic nitrogens is 1. The molecule has 0 aliphatic heterocycles. The van der Waals surface area contributed by atoms with Gasteiger partial charge in [0, 0.05) is 12.1 Å². The lowest BCUT2D eigenvalue weighted by Crippen LogP contribution is -2.22. The first kappa shape index (κ1) is 12.5. The number of carbonyl (C=O) groups is 1.